The van der Waals surface area contributed by atoms with Gasteiger partial charge in [-0.1, -0.05) is 50.8 Å². The smallest absolute Gasteiger partial charge is 0.0713 e. The number of hydrogen-bond acceptors (Lipinski definition) is 1. The maximum Gasteiger partial charge on any atom is 0.0713 e. The molecule has 72 valence electrons. The molecule has 1 aromatic carbocycles. The molecule has 1 aromatic rings. The molecule has 0 radical (unpaired) electrons. The molecule has 0 heterocycles. The molecule has 0 saturated heterocycles. The summed E-state index contributed by atoms with van der Waals surface area (Å²) < 4.78 is 4.96. The average Bonchev–Trinajstić information content (AvgIpc) is 2.23. The molecule has 0 aliphatic carbocycles. The van der Waals surface area contributed by atoms with Gasteiger partial charge in [-0.2, -0.15) is 0 Å². The van der Waals surface area contributed by atoms with Crippen molar-refractivity contribution in [2.45, 2.75) is 13.8 Å². The van der Waals surface area contributed by atoms with Gasteiger partial charge in [-0.25, -0.2) is 0 Å². The van der Waals surface area contributed by atoms with E-state index in [-0.39, 0.29) is 0 Å². The van der Waals surface area contributed by atoms with E-state index in [1.165, 1.54) is 0 Å². The molecule has 0 bridgehead atoms. The molecule has 0 aromatic heterocycles. The van der Waals surface area contributed by atoms with Gasteiger partial charge in [0.2, 0.25) is 0 Å². The predicted molar refractivity (Wildman–Crippen MR) is 58.7 cm³/mol. The SMILES string of the molecule is C=C(COC)c1ccccc1.CC. The van der Waals surface area contributed by atoms with Gasteiger partial charge in [-0.05, 0) is 11.1 Å². The summed E-state index contributed by atoms with van der Waals surface area (Å²) in [6.07, 6.45) is 0. The zero-order chi connectivity index (χ0) is 10.1. The van der Waals surface area contributed by atoms with Gasteiger partial charge in [0.1, 0.15) is 0 Å². The third kappa shape index (κ3) is 4.48. The van der Waals surface area contributed by atoms with E-state index in [1.807, 2.05) is 44.2 Å². The minimum atomic E-state index is 0.601. The lowest BCUT2D eigenvalue weighted by atomic mass is 10.1. The first kappa shape index (κ1) is 11.9. The Hall–Kier alpha value is -1.08. The Bertz CT molecular complexity index is 226. The summed E-state index contributed by atoms with van der Waals surface area (Å²) in [6.45, 7) is 8.49. The van der Waals surface area contributed by atoms with Gasteiger partial charge >= 0.3 is 0 Å². The van der Waals surface area contributed by atoms with Crippen molar-refractivity contribution >= 4 is 5.57 Å². The van der Waals surface area contributed by atoms with Gasteiger partial charge in [0.05, 0.1) is 6.61 Å². The number of ether oxygens (including phenoxy) is 1. The molecule has 0 aliphatic heterocycles. The molecular weight excluding hydrogens is 160 g/mol. The summed E-state index contributed by atoms with van der Waals surface area (Å²) in [5.74, 6) is 0. The monoisotopic (exact) mass is 178 g/mol. The normalized spacial score (nSPS) is 8.54. The first-order chi connectivity index (χ1) is 6.34. The maximum atomic E-state index is 4.96. The Kier molecular flexibility index (Phi) is 6.93. The predicted octanol–water partition coefficient (Wildman–Crippen LogP) is 3.37. The Morgan fingerprint density at radius 3 is 2.23 bits per heavy atom. The Morgan fingerprint density at radius 1 is 1.23 bits per heavy atom. The van der Waals surface area contributed by atoms with E-state index in [9.17, 15) is 0 Å². The average molecular weight is 178 g/mol. The minimum Gasteiger partial charge on any atom is -0.380 e. The zero-order valence-corrected chi connectivity index (χ0v) is 8.71. The van der Waals surface area contributed by atoms with Crippen LogP contribution in [-0.4, -0.2) is 13.7 Å². The molecule has 0 atom stereocenters. The quantitative estimate of drug-likeness (QED) is 0.689. The maximum absolute atomic E-state index is 4.96. The number of rotatable bonds is 3. The molecule has 0 amide bonds. The first-order valence-electron chi connectivity index (χ1n) is 4.56. The highest BCUT2D eigenvalue weighted by Gasteiger charge is 1.94. The summed E-state index contributed by atoms with van der Waals surface area (Å²) in [4.78, 5) is 0. The largest absolute Gasteiger partial charge is 0.380 e. The highest BCUT2D eigenvalue weighted by Crippen LogP contribution is 2.10. The summed E-state index contributed by atoms with van der Waals surface area (Å²) in [5.41, 5.74) is 2.17. The molecule has 0 fully saturated rings. The topological polar surface area (TPSA) is 9.23 Å². The lowest BCUT2D eigenvalue weighted by molar-refractivity contribution is 0.240. The zero-order valence-electron chi connectivity index (χ0n) is 8.71. The van der Waals surface area contributed by atoms with Crippen molar-refractivity contribution < 1.29 is 4.74 Å². The van der Waals surface area contributed by atoms with Gasteiger partial charge in [-0.3, -0.25) is 0 Å². The molecule has 1 heteroatoms. The third-order valence-electron chi connectivity index (χ3n) is 1.50. The van der Waals surface area contributed by atoms with Crippen LogP contribution in [0, 0.1) is 0 Å². The summed E-state index contributed by atoms with van der Waals surface area (Å²) in [5, 5.41) is 0. The third-order valence-corrected chi connectivity index (χ3v) is 1.50. The van der Waals surface area contributed by atoms with Gasteiger partial charge in [-0.15, -0.1) is 0 Å². The standard InChI is InChI=1S/C10H12O.C2H6/c1-9(8-11-2)10-6-4-3-5-7-10;1-2/h3-7H,1,8H2,2H3;1-2H3. The number of hydrogen-bond donors (Lipinski definition) is 0. The van der Waals surface area contributed by atoms with E-state index in [1.54, 1.807) is 7.11 Å². The fourth-order valence-electron chi connectivity index (χ4n) is 0.931. The fourth-order valence-corrected chi connectivity index (χ4v) is 0.931. The van der Waals surface area contributed by atoms with Crippen molar-refractivity contribution in [3.05, 3.63) is 42.5 Å². The van der Waals surface area contributed by atoms with Crippen LogP contribution in [0.3, 0.4) is 0 Å². The molecule has 0 aliphatic rings. The van der Waals surface area contributed by atoms with Crippen LogP contribution in [0.15, 0.2) is 36.9 Å². The second-order valence-corrected chi connectivity index (χ2v) is 2.40. The van der Waals surface area contributed by atoms with E-state index < -0.39 is 0 Å². The van der Waals surface area contributed by atoms with Crippen LogP contribution >= 0.6 is 0 Å². The van der Waals surface area contributed by atoms with Crippen molar-refractivity contribution in [1.29, 1.82) is 0 Å². The van der Waals surface area contributed by atoms with Crippen LogP contribution in [0.2, 0.25) is 0 Å². The van der Waals surface area contributed by atoms with E-state index >= 15 is 0 Å². The van der Waals surface area contributed by atoms with Gasteiger partial charge in [0.25, 0.3) is 0 Å². The summed E-state index contributed by atoms with van der Waals surface area (Å²) in [6, 6.07) is 10.0. The van der Waals surface area contributed by atoms with E-state index in [0.717, 1.165) is 11.1 Å². The van der Waals surface area contributed by atoms with E-state index in [4.69, 9.17) is 4.74 Å². The van der Waals surface area contributed by atoms with Crippen LogP contribution in [-0.2, 0) is 4.74 Å². The molecule has 1 nitrogen and oxygen atoms in total. The van der Waals surface area contributed by atoms with Crippen LogP contribution in [0.4, 0.5) is 0 Å². The van der Waals surface area contributed by atoms with Crippen molar-refractivity contribution in [3.8, 4) is 0 Å². The molecule has 13 heavy (non-hydrogen) atoms. The van der Waals surface area contributed by atoms with E-state index in [0.29, 0.717) is 6.61 Å². The molecular formula is C12H18O. The Labute approximate surface area is 81.1 Å². The van der Waals surface area contributed by atoms with E-state index in [2.05, 4.69) is 6.58 Å². The van der Waals surface area contributed by atoms with Gasteiger partial charge < -0.3 is 4.74 Å². The van der Waals surface area contributed by atoms with Crippen molar-refractivity contribution in [3.63, 3.8) is 0 Å². The van der Waals surface area contributed by atoms with Crippen molar-refractivity contribution in [1.82, 2.24) is 0 Å². The Balaban J connectivity index is 0.000000671. The van der Waals surface area contributed by atoms with Crippen molar-refractivity contribution in [2.24, 2.45) is 0 Å². The van der Waals surface area contributed by atoms with Crippen LogP contribution in [0.1, 0.15) is 19.4 Å². The fraction of sp³-hybridized carbons (Fsp3) is 0.333. The van der Waals surface area contributed by atoms with Gasteiger partial charge in [0.15, 0.2) is 0 Å². The summed E-state index contributed by atoms with van der Waals surface area (Å²) >= 11 is 0. The second-order valence-electron chi connectivity index (χ2n) is 2.40. The lowest BCUT2D eigenvalue weighted by Gasteiger charge is -2.02. The molecule has 0 unspecified atom stereocenters. The highest BCUT2D eigenvalue weighted by molar-refractivity contribution is 5.63. The Morgan fingerprint density at radius 2 is 1.77 bits per heavy atom. The van der Waals surface area contributed by atoms with Crippen LogP contribution < -0.4 is 0 Å². The van der Waals surface area contributed by atoms with Crippen molar-refractivity contribution in [2.75, 3.05) is 13.7 Å². The molecule has 1 rings (SSSR count). The minimum absolute atomic E-state index is 0.601. The second kappa shape index (κ2) is 7.56. The first-order valence-corrected chi connectivity index (χ1v) is 4.56. The van der Waals surface area contributed by atoms with Gasteiger partial charge in [0, 0.05) is 7.11 Å². The number of methoxy groups -OCH3 is 1. The summed E-state index contributed by atoms with van der Waals surface area (Å²) in [7, 11) is 1.67. The molecule has 0 N–H and O–H groups in total. The lowest BCUT2D eigenvalue weighted by Crippen LogP contribution is -1.91. The van der Waals surface area contributed by atoms with Crippen LogP contribution in [0.5, 0.6) is 0 Å². The van der Waals surface area contributed by atoms with Crippen LogP contribution in [0.25, 0.3) is 5.57 Å². The highest BCUT2D eigenvalue weighted by atomic mass is 16.5. The molecule has 0 saturated carbocycles. The molecule has 0 spiro atoms. The number of benzene rings is 1.